The van der Waals surface area contributed by atoms with Crippen LogP contribution < -0.4 is 10.6 Å². The first-order valence-corrected chi connectivity index (χ1v) is 5.53. The summed E-state index contributed by atoms with van der Waals surface area (Å²) in [5, 5.41) is 4.71. The molecular weight excluding hydrogens is 242 g/mol. The van der Waals surface area contributed by atoms with Gasteiger partial charge in [0.1, 0.15) is 11.6 Å². The normalized spacial score (nSPS) is 19.6. The van der Waals surface area contributed by atoms with E-state index in [1.54, 1.807) is 7.05 Å². The van der Waals surface area contributed by atoms with Crippen molar-refractivity contribution in [3.63, 3.8) is 0 Å². The predicted molar refractivity (Wildman–Crippen MR) is 61.0 cm³/mol. The van der Waals surface area contributed by atoms with Gasteiger partial charge in [0, 0.05) is 24.7 Å². The number of hydrogen-bond acceptors (Lipinski definition) is 3. The van der Waals surface area contributed by atoms with Crippen LogP contribution in [0.25, 0.3) is 0 Å². The Morgan fingerprint density at radius 1 is 1.28 bits per heavy atom. The molecule has 4 nitrogen and oxygen atoms in total. The van der Waals surface area contributed by atoms with Gasteiger partial charge in [0.2, 0.25) is 11.8 Å². The SMILES string of the molecule is CNc1cc(F)c(C2CCC(=O)NC2=O)c(F)c1. The van der Waals surface area contributed by atoms with Gasteiger partial charge < -0.3 is 5.32 Å². The maximum atomic E-state index is 13.8. The molecule has 1 unspecified atom stereocenters. The van der Waals surface area contributed by atoms with Gasteiger partial charge in [-0.15, -0.1) is 0 Å². The average Bonchev–Trinajstić information content (AvgIpc) is 2.30. The number of halogens is 2. The Labute approximate surface area is 102 Å². The van der Waals surface area contributed by atoms with Crippen LogP contribution in [0.2, 0.25) is 0 Å². The van der Waals surface area contributed by atoms with E-state index in [9.17, 15) is 18.4 Å². The number of amides is 2. The topological polar surface area (TPSA) is 58.2 Å². The molecule has 2 N–H and O–H groups in total. The second-order valence-electron chi connectivity index (χ2n) is 4.11. The van der Waals surface area contributed by atoms with Gasteiger partial charge in [-0.05, 0) is 18.6 Å². The molecule has 1 aliphatic heterocycles. The number of imide groups is 1. The fourth-order valence-electron chi connectivity index (χ4n) is 2.03. The van der Waals surface area contributed by atoms with Crippen LogP contribution >= 0.6 is 0 Å². The molecule has 0 spiro atoms. The third-order valence-electron chi connectivity index (χ3n) is 2.96. The number of anilines is 1. The molecule has 1 atom stereocenters. The highest BCUT2D eigenvalue weighted by atomic mass is 19.1. The van der Waals surface area contributed by atoms with Crippen LogP contribution in [0, 0.1) is 11.6 Å². The van der Waals surface area contributed by atoms with Crippen LogP contribution in [0.5, 0.6) is 0 Å². The Bertz CT molecular complexity index is 494. The van der Waals surface area contributed by atoms with Gasteiger partial charge in [-0.3, -0.25) is 14.9 Å². The molecule has 0 aromatic heterocycles. The minimum atomic E-state index is -0.950. The van der Waals surface area contributed by atoms with E-state index in [1.165, 1.54) is 0 Å². The average molecular weight is 254 g/mol. The zero-order valence-corrected chi connectivity index (χ0v) is 9.72. The number of nitrogens with one attached hydrogen (secondary N) is 2. The summed E-state index contributed by atoms with van der Waals surface area (Å²) in [7, 11) is 1.54. The molecule has 1 aromatic carbocycles. The van der Waals surface area contributed by atoms with E-state index >= 15 is 0 Å². The Morgan fingerprint density at radius 3 is 2.39 bits per heavy atom. The van der Waals surface area contributed by atoms with Gasteiger partial charge in [-0.2, -0.15) is 0 Å². The molecule has 0 bridgehead atoms. The molecule has 18 heavy (non-hydrogen) atoms. The third-order valence-corrected chi connectivity index (χ3v) is 2.96. The monoisotopic (exact) mass is 254 g/mol. The quantitative estimate of drug-likeness (QED) is 0.787. The van der Waals surface area contributed by atoms with E-state index in [4.69, 9.17) is 0 Å². The number of carbonyl (C=O) groups is 2. The van der Waals surface area contributed by atoms with E-state index < -0.39 is 29.4 Å². The summed E-state index contributed by atoms with van der Waals surface area (Å²) in [6, 6.07) is 2.25. The number of piperidine rings is 1. The largest absolute Gasteiger partial charge is 0.388 e. The summed E-state index contributed by atoms with van der Waals surface area (Å²) in [5.74, 6) is -3.58. The molecule has 1 heterocycles. The lowest BCUT2D eigenvalue weighted by Gasteiger charge is -2.22. The number of rotatable bonds is 2. The maximum absolute atomic E-state index is 13.8. The summed E-state index contributed by atoms with van der Waals surface area (Å²) in [6.07, 6.45) is 0.209. The minimum Gasteiger partial charge on any atom is -0.388 e. The van der Waals surface area contributed by atoms with Crippen molar-refractivity contribution in [2.24, 2.45) is 0 Å². The molecule has 2 rings (SSSR count). The van der Waals surface area contributed by atoms with E-state index in [0.29, 0.717) is 5.69 Å². The molecule has 1 aromatic rings. The summed E-state index contributed by atoms with van der Waals surface area (Å²) in [6.45, 7) is 0. The molecule has 0 aliphatic carbocycles. The molecule has 1 fully saturated rings. The highest BCUT2D eigenvalue weighted by Gasteiger charge is 2.32. The van der Waals surface area contributed by atoms with Gasteiger partial charge >= 0.3 is 0 Å². The Morgan fingerprint density at radius 2 is 1.89 bits per heavy atom. The van der Waals surface area contributed by atoms with Crippen molar-refractivity contribution in [2.45, 2.75) is 18.8 Å². The van der Waals surface area contributed by atoms with Crippen LogP contribution in [0.3, 0.4) is 0 Å². The van der Waals surface area contributed by atoms with Gasteiger partial charge in [0.25, 0.3) is 0 Å². The molecule has 1 saturated heterocycles. The lowest BCUT2D eigenvalue weighted by atomic mass is 9.89. The van der Waals surface area contributed by atoms with E-state index in [0.717, 1.165) is 12.1 Å². The number of carbonyl (C=O) groups excluding carboxylic acids is 2. The van der Waals surface area contributed by atoms with Crippen molar-refractivity contribution >= 4 is 17.5 Å². The first-order valence-electron chi connectivity index (χ1n) is 5.53. The standard InChI is InChI=1S/C12H12F2N2O2/c1-15-6-4-8(13)11(9(14)5-6)7-2-3-10(17)16-12(7)18/h4-5,7,15H,2-3H2,1H3,(H,16,17,18). The highest BCUT2D eigenvalue weighted by Crippen LogP contribution is 2.30. The van der Waals surface area contributed by atoms with Gasteiger partial charge in [-0.1, -0.05) is 0 Å². The van der Waals surface area contributed by atoms with Crippen molar-refractivity contribution in [1.29, 1.82) is 0 Å². The van der Waals surface area contributed by atoms with Crippen LogP contribution in [0.4, 0.5) is 14.5 Å². The first kappa shape index (κ1) is 12.5. The van der Waals surface area contributed by atoms with Gasteiger partial charge in [0.15, 0.2) is 0 Å². The molecule has 0 saturated carbocycles. The van der Waals surface area contributed by atoms with Crippen molar-refractivity contribution in [1.82, 2.24) is 5.32 Å². The lowest BCUT2D eigenvalue weighted by molar-refractivity contribution is -0.134. The van der Waals surface area contributed by atoms with Crippen LogP contribution in [-0.2, 0) is 9.59 Å². The molecule has 1 aliphatic rings. The zero-order valence-electron chi connectivity index (χ0n) is 9.72. The van der Waals surface area contributed by atoms with Crippen LogP contribution in [0.1, 0.15) is 24.3 Å². The lowest BCUT2D eigenvalue weighted by Crippen LogP contribution is -2.40. The van der Waals surface area contributed by atoms with Crippen LogP contribution in [0.15, 0.2) is 12.1 Å². The Kier molecular flexibility index (Phi) is 3.27. The molecule has 96 valence electrons. The second kappa shape index (κ2) is 4.72. The van der Waals surface area contributed by atoms with Crippen molar-refractivity contribution in [3.8, 4) is 0 Å². The third kappa shape index (κ3) is 2.18. The van der Waals surface area contributed by atoms with Crippen LogP contribution in [-0.4, -0.2) is 18.9 Å². The van der Waals surface area contributed by atoms with E-state index in [2.05, 4.69) is 10.6 Å². The molecular formula is C12H12F2N2O2. The summed E-state index contributed by atoms with van der Waals surface area (Å²) >= 11 is 0. The number of hydrogen-bond donors (Lipinski definition) is 2. The van der Waals surface area contributed by atoms with E-state index in [-0.39, 0.29) is 18.4 Å². The smallest absolute Gasteiger partial charge is 0.234 e. The first-order chi connectivity index (χ1) is 8.52. The maximum Gasteiger partial charge on any atom is 0.234 e. The summed E-state index contributed by atoms with van der Waals surface area (Å²) in [5.41, 5.74) is 0.0139. The molecule has 2 amide bonds. The van der Waals surface area contributed by atoms with Gasteiger partial charge in [0.05, 0.1) is 5.92 Å². The van der Waals surface area contributed by atoms with Crippen molar-refractivity contribution < 1.29 is 18.4 Å². The Balaban J connectivity index is 2.39. The molecule has 6 heteroatoms. The summed E-state index contributed by atoms with van der Waals surface area (Å²) < 4.78 is 27.6. The van der Waals surface area contributed by atoms with E-state index in [1.807, 2.05) is 0 Å². The summed E-state index contributed by atoms with van der Waals surface area (Å²) in [4.78, 5) is 22.6. The van der Waals surface area contributed by atoms with Crippen molar-refractivity contribution in [2.75, 3.05) is 12.4 Å². The fourth-order valence-corrected chi connectivity index (χ4v) is 2.03. The van der Waals surface area contributed by atoms with Gasteiger partial charge in [-0.25, -0.2) is 8.78 Å². The fraction of sp³-hybridized carbons (Fsp3) is 0.333. The Hall–Kier alpha value is -1.98. The number of benzene rings is 1. The second-order valence-corrected chi connectivity index (χ2v) is 4.11. The zero-order chi connectivity index (χ0) is 13.3. The highest BCUT2D eigenvalue weighted by molar-refractivity contribution is 6.01. The van der Waals surface area contributed by atoms with Crippen molar-refractivity contribution in [3.05, 3.63) is 29.3 Å². The minimum absolute atomic E-state index is 0.0864. The molecule has 0 radical (unpaired) electrons. The predicted octanol–water partition coefficient (Wildman–Crippen LogP) is 1.53.